The minimum absolute atomic E-state index is 0.0127. The number of anilines is 1. The first-order valence-corrected chi connectivity index (χ1v) is 10.9. The highest BCUT2D eigenvalue weighted by Gasteiger charge is 2.15. The average molecular weight is 472 g/mol. The minimum Gasteiger partial charge on any atom is -0.492 e. The second-order valence-electron chi connectivity index (χ2n) is 6.80. The normalized spacial score (nSPS) is 11.4. The van der Waals surface area contributed by atoms with Crippen molar-refractivity contribution in [2.24, 2.45) is 0 Å². The number of imidazole rings is 1. The van der Waals surface area contributed by atoms with Crippen molar-refractivity contribution in [1.82, 2.24) is 24.8 Å². The van der Waals surface area contributed by atoms with Gasteiger partial charge in [-0.3, -0.25) is 19.1 Å². The van der Waals surface area contributed by atoms with E-state index < -0.39 is 26.6 Å². The number of aromatic amines is 1. The number of nitrogens with one attached hydrogen (secondary N) is 2. The average Bonchev–Trinajstić information content (AvgIpc) is 3.20. The van der Waals surface area contributed by atoms with Gasteiger partial charge < -0.3 is 15.8 Å². The maximum absolute atomic E-state index is 13.1. The van der Waals surface area contributed by atoms with Crippen molar-refractivity contribution in [3.05, 3.63) is 70.8 Å². The molecule has 2 heterocycles. The molecule has 0 fully saturated rings. The molecule has 0 unspecified atom stereocenters. The molecule has 0 bridgehead atoms. The lowest BCUT2D eigenvalue weighted by atomic mass is 10.2. The number of aromatic nitrogens is 4. The summed E-state index contributed by atoms with van der Waals surface area (Å²) in [6.45, 7) is 0.263. The van der Waals surface area contributed by atoms with Gasteiger partial charge in [0.1, 0.15) is 18.7 Å². The summed E-state index contributed by atoms with van der Waals surface area (Å²) >= 11 is 0. The highest BCUT2D eigenvalue weighted by atomic mass is 32.3. The first-order valence-electron chi connectivity index (χ1n) is 9.51. The molecule has 4 N–H and O–H groups in total. The Hall–Kier alpha value is -4.26. The molecule has 13 heteroatoms. The van der Waals surface area contributed by atoms with Gasteiger partial charge in [-0.2, -0.15) is 13.4 Å². The summed E-state index contributed by atoms with van der Waals surface area (Å²) in [6.07, 6.45) is 1.46. The molecule has 2 aromatic carbocycles. The quantitative estimate of drug-likeness (QED) is 0.267. The Morgan fingerprint density at radius 3 is 2.70 bits per heavy atom. The van der Waals surface area contributed by atoms with E-state index in [1.807, 2.05) is 0 Å². The van der Waals surface area contributed by atoms with Crippen molar-refractivity contribution in [2.45, 2.75) is 4.90 Å². The molecule has 4 rings (SSSR count). The number of nitrogens with zero attached hydrogens (tertiary/aromatic N) is 3. The highest BCUT2D eigenvalue weighted by Crippen LogP contribution is 2.18. The van der Waals surface area contributed by atoms with E-state index in [1.54, 1.807) is 28.8 Å². The van der Waals surface area contributed by atoms with Crippen molar-refractivity contribution < 1.29 is 21.8 Å². The van der Waals surface area contributed by atoms with Crippen LogP contribution in [-0.4, -0.2) is 47.0 Å². The number of nitrogen functional groups attached to an aromatic ring is 1. The molecule has 0 aliphatic rings. The third kappa shape index (κ3) is 4.82. The molecule has 0 radical (unpaired) electrons. The summed E-state index contributed by atoms with van der Waals surface area (Å²) in [5.74, 6) is -0.0595. The predicted molar refractivity (Wildman–Crippen MR) is 116 cm³/mol. The third-order valence-corrected chi connectivity index (χ3v) is 5.39. The lowest BCUT2D eigenvalue weighted by Crippen LogP contribution is -2.28. The van der Waals surface area contributed by atoms with Gasteiger partial charge >= 0.3 is 10.2 Å². The molecule has 11 nitrogen and oxygen atoms in total. The van der Waals surface area contributed by atoms with Crippen molar-refractivity contribution in [2.75, 3.05) is 18.9 Å². The molecule has 0 atom stereocenters. The van der Waals surface area contributed by atoms with Gasteiger partial charge in [0, 0.05) is 11.3 Å². The monoisotopic (exact) mass is 472 g/mol. The second kappa shape index (κ2) is 8.70. The van der Waals surface area contributed by atoms with Gasteiger partial charge in [-0.15, -0.1) is 3.89 Å². The van der Waals surface area contributed by atoms with E-state index >= 15 is 0 Å². The lowest BCUT2D eigenvalue weighted by molar-refractivity contribution is 0.0947. The van der Waals surface area contributed by atoms with E-state index in [-0.39, 0.29) is 30.2 Å². The van der Waals surface area contributed by atoms with Gasteiger partial charge in [0.05, 0.1) is 11.4 Å². The van der Waals surface area contributed by atoms with E-state index in [0.717, 1.165) is 12.1 Å². The predicted octanol–water partition coefficient (Wildman–Crippen LogP) is 1.16. The molecule has 4 aromatic rings. The summed E-state index contributed by atoms with van der Waals surface area (Å²) in [7, 11) is -4.89. The number of rotatable bonds is 7. The molecule has 170 valence electrons. The van der Waals surface area contributed by atoms with Crippen molar-refractivity contribution in [3.63, 3.8) is 0 Å². The topological polar surface area (TPSA) is 162 Å². The summed E-state index contributed by atoms with van der Waals surface area (Å²) in [4.78, 5) is 34.0. The van der Waals surface area contributed by atoms with Crippen LogP contribution in [0.15, 0.2) is 64.5 Å². The Balaban J connectivity index is 1.35. The number of carbonyl (C=O) groups excluding carboxylic acids is 1. The Morgan fingerprint density at radius 1 is 1.21 bits per heavy atom. The first-order chi connectivity index (χ1) is 15.7. The lowest BCUT2D eigenvalue weighted by Gasteiger charge is -2.09. The van der Waals surface area contributed by atoms with Crippen LogP contribution in [-0.2, 0) is 10.2 Å². The summed E-state index contributed by atoms with van der Waals surface area (Å²) in [6, 6.07) is 11.5. The number of halogens is 1. The molecule has 2 aromatic heterocycles. The first kappa shape index (κ1) is 22.0. The molecule has 0 saturated heterocycles. The Morgan fingerprint density at radius 2 is 1.97 bits per heavy atom. The van der Waals surface area contributed by atoms with E-state index in [2.05, 4.69) is 20.3 Å². The fraction of sp³-hybridized carbons (Fsp3) is 0.100. The zero-order valence-electron chi connectivity index (χ0n) is 16.9. The van der Waals surface area contributed by atoms with Crippen LogP contribution in [0.2, 0.25) is 0 Å². The van der Waals surface area contributed by atoms with Crippen LogP contribution in [0.5, 0.6) is 5.75 Å². The van der Waals surface area contributed by atoms with Gasteiger partial charge in [-0.1, -0.05) is 6.07 Å². The van der Waals surface area contributed by atoms with Crippen LogP contribution in [0.25, 0.3) is 16.9 Å². The largest absolute Gasteiger partial charge is 0.492 e. The third-order valence-electron chi connectivity index (χ3n) is 4.57. The van der Waals surface area contributed by atoms with Crippen LogP contribution in [0.3, 0.4) is 0 Å². The van der Waals surface area contributed by atoms with E-state index in [1.165, 1.54) is 18.5 Å². The molecular formula is C20H17FN6O5S. The number of carbonyl (C=O) groups is 1. The summed E-state index contributed by atoms with van der Waals surface area (Å²) in [5.41, 5.74) is 6.34. The second-order valence-corrected chi connectivity index (χ2v) is 8.15. The Kier molecular flexibility index (Phi) is 5.79. The molecule has 0 saturated carbocycles. The number of amides is 1. The number of hydrogen-bond acceptors (Lipinski definition) is 8. The van der Waals surface area contributed by atoms with E-state index in [9.17, 15) is 21.9 Å². The minimum atomic E-state index is -4.89. The van der Waals surface area contributed by atoms with Crippen molar-refractivity contribution in [3.8, 4) is 11.4 Å². The fourth-order valence-electron chi connectivity index (χ4n) is 3.04. The zero-order valence-corrected chi connectivity index (χ0v) is 17.7. The van der Waals surface area contributed by atoms with Gasteiger partial charge in [0.15, 0.2) is 11.2 Å². The zero-order chi connectivity index (χ0) is 23.6. The van der Waals surface area contributed by atoms with Gasteiger partial charge in [0.2, 0.25) is 5.95 Å². The number of nitrogens with two attached hydrogens (primary N) is 1. The number of hydrogen-bond donors (Lipinski definition) is 3. The van der Waals surface area contributed by atoms with Crippen molar-refractivity contribution in [1.29, 1.82) is 0 Å². The summed E-state index contributed by atoms with van der Waals surface area (Å²) < 4.78 is 42.2. The number of benzene rings is 2. The number of fused-ring (bicyclic) bond motifs is 1. The Labute approximate surface area is 186 Å². The molecule has 0 aliphatic carbocycles. The van der Waals surface area contributed by atoms with Crippen LogP contribution < -0.4 is 21.3 Å². The maximum atomic E-state index is 13.1. The summed E-state index contributed by atoms with van der Waals surface area (Å²) in [5, 5.41) is 2.57. The van der Waals surface area contributed by atoms with Crippen LogP contribution in [0.1, 0.15) is 10.4 Å². The molecule has 0 spiro atoms. The molecule has 0 aliphatic heterocycles. The fourth-order valence-corrected chi connectivity index (χ4v) is 3.55. The smallest absolute Gasteiger partial charge is 0.332 e. The van der Waals surface area contributed by atoms with Crippen LogP contribution in [0, 0.1) is 0 Å². The maximum Gasteiger partial charge on any atom is 0.332 e. The van der Waals surface area contributed by atoms with Gasteiger partial charge in [-0.05, 0) is 42.5 Å². The van der Waals surface area contributed by atoms with Crippen LogP contribution in [0.4, 0.5) is 9.83 Å². The number of H-pyrrole nitrogens is 1. The molecular weight excluding hydrogens is 455 g/mol. The van der Waals surface area contributed by atoms with Gasteiger partial charge in [0.25, 0.3) is 11.5 Å². The van der Waals surface area contributed by atoms with Crippen molar-refractivity contribution >= 4 is 33.2 Å². The highest BCUT2D eigenvalue weighted by molar-refractivity contribution is 7.86. The van der Waals surface area contributed by atoms with E-state index in [0.29, 0.717) is 17.1 Å². The Bertz CT molecular complexity index is 1500. The van der Waals surface area contributed by atoms with E-state index in [4.69, 9.17) is 10.5 Å². The number of ether oxygens (including phenoxy) is 1. The standard InChI is InChI=1S/C20H17FN6O5S/c21-33(30,31)15-3-1-2-12(10-15)18(28)23-8-9-32-14-6-4-13(5-7-14)27-11-24-16-17(27)25-20(22)26-19(16)29/h1-7,10-11H,8-9H2,(H,23,28)(H3,22,25,26,29). The SMILES string of the molecule is Nc1nc2c(ncn2-c2ccc(OCCNC(=O)c3cccc(S(=O)(=O)F)c3)cc2)c(=O)[nH]1. The molecule has 33 heavy (non-hydrogen) atoms. The molecule has 1 amide bonds. The van der Waals surface area contributed by atoms with Gasteiger partial charge in [-0.25, -0.2) is 4.98 Å². The van der Waals surface area contributed by atoms with Crippen LogP contribution >= 0.6 is 0 Å².